The van der Waals surface area contributed by atoms with Gasteiger partial charge in [-0.1, -0.05) is 26.2 Å². The number of unbranched alkanes of at least 4 members (excludes halogenated alkanes) is 2. The molecule has 0 heterocycles. The number of nitrogens with one attached hydrogen (secondary N) is 1. The van der Waals surface area contributed by atoms with Gasteiger partial charge in [0.15, 0.2) is 12.4 Å². The van der Waals surface area contributed by atoms with Crippen LogP contribution >= 0.6 is 0 Å². The molecule has 8 heteroatoms. The third-order valence-corrected chi connectivity index (χ3v) is 3.58. The van der Waals surface area contributed by atoms with E-state index >= 15 is 0 Å². The second-order valence-electron chi connectivity index (χ2n) is 5.68. The molecule has 0 unspecified atom stereocenters. The minimum absolute atomic E-state index is 0.0133. The van der Waals surface area contributed by atoms with Gasteiger partial charge in [-0.25, -0.2) is 4.79 Å². The third kappa shape index (κ3) is 6.78. The Bertz CT molecular complexity index is 617. The lowest BCUT2D eigenvalue weighted by atomic mass is 10.1. The van der Waals surface area contributed by atoms with E-state index in [1.807, 2.05) is 6.92 Å². The van der Waals surface area contributed by atoms with E-state index in [4.69, 9.17) is 4.74 Å². The molecule has 25 heavy (non-hydrogen) atoms. The van der Waals surface area contributed by atoms with Gasteiger partial charge in [0.25, 0.3) is 5.91 Å². The van der Waals surface area contributed by atoms with Crippen LogP contribution in [0.25, 0.3) is 0 Å². The molecule has 0 saturated heterocycles. The van der Waals surface area contributed by atoms with Gasteiger partial charge in [0.05, 0.1) is 17.6 Å². The molecule has 0 aromatic heterocycles. The third-order valence-electron chi connectivity index (χ3n) is 3.58. The number of amides is 1. The van der Waals surface area contributed by atoms with Gasteiger partial charge in [0, 0.05) is 12.1 Å². The number of esters is 1. The van der Waals surface area contributed by atoms with E-state index in [0.29, 0.717) is 0 Å². The Morgan fingerprint density at radius 2 is 2.04 bits per heavy atom. The van der Waals surface area contributed by atoms with Crippen molar-refractivity contribution in [3.63, 3.8) is 0 Å². The quantitative estimate of drug-likeness (QED) is 0.300. The van der Waals surface area contributed by atoms with E-state index in [1.54, 1.807) is 0 Å². The normalized spacial score (nSPS) is 11.5. The van der Waals surface area contributed by atoms with Crippen LogP contribution in [-0.4, -0.2) is 36.6 Å². The topological polar surface area (TPSA) is 108 Å². The lowest BCUT2D eigenvalue weighted by Crippen LogP contribution is -2.36. The number of carbonyl (C=O) groups excluding carboxylic acids is 2. The highest BCUT2D eigenvalue weighted by molar-refractivity contribution is 5.90. The molecule has 1 amide bonds. The first-order valence-electron chi connectivity index (χ1n) is 8.18. The number of carbonyl (C=O) groups is 2. The fraction of sp³-hybridized carbons (Fsp3) is 0.529. The zero-order valence-electron chi connectivity index (χ0n) is 14.7. The van der Waals surface area contributed by atoms with Gasteiger partial charge in [-0.2, -0.15) is 0 Å². The number of ether oxygens (including phenoxy) is 2. The molecule has 1 rings (SSSR count). The van der Waals surface area contributed by atoms with E-state index in [2.05, 4.69) is 17.0 Å². The fourth-order valence-corrected chi connectivity index (χ4v) is 2.26. The number of nitro benzene ring substituents is 1. The highest BCUT2D eigenvalue weighted by Crippen LogP contribution is 2.28. The Hall–Kier alpha value is -2.64. The SMILES string of the molecule is CCCCC[C@H](C)NC(=O)COc1ccc(C(=O)OC)cc1[N+](=O)[O-]. The van der Waals surface area contributed by atoms with E-state index in [0.717, 1.165) is 31.7 Å². The van der Waals surface area contributed by atoms with Crippen molar-refractivity contribution in [3.8, 4) is 5.75 Å². The highest BCUT2D eigenvalue weighted by atomic mass is 16.6. The largest absolute Gasteiger partial charge is 0.477 e. The van der Waals surface area contributed by atoms with Crippen LogP contribution in [0.15, 0.2) is 18.2 Å². The molecule has 8 nitrogen and oxygen atoms in total. The molecule has 0 radical (unpaired) electrons. The Balaban J connectivity index is 2.65. The summed E-state index contributed by atoms with van der Waals surface area (Å²) in [6, 6.07) is 3.70. The average Bonchev–Trinajstić information content (AvgIpc) is 2.59. The first kappa shape index (κ1) is 20.4. The smallest absolute Gasteiger partial charge is 0.338 e. The second-order valence-corrected chi connectivity index (χ2v) is 5.68. The number of nitro groups is 1. The monoisotopic (exact) mass is 352 g/mol. The van der Waals surface area contributed by atoms with Crippen molar-refractivity contribution < 1.29 is 24.0 Å². The Kier molecular flexibility index (Phi) is 8.38. The maximum Gasteiger partial charge on any atom is 0.338 e. The highest BCUT2D eigenvalue weighted by Gasteiger charge is 2.20. The van der Waals surface area contributed by atoms with Crippen molar-refractivity contribution >= 4 is 17.6 Å². The minimum Gasteiger partial charge on any atom is -0.477 e. The standard InChI is InChI=1S/C17H24N2O6/c1-4-5-6-7-12(2)18-16(20)11-25-15-9-8-13(17(21)24-3)10-14(15)19(22)23/h8-10,12H,4-7,11H2,1-3H3,(H,18,20)/t12-/m0/s1. The van der Waals surface area contributed by atoms with Gasteiger partial charge >= 0.3 is 11.7 Å². The number of benzene rings is 1. The molecular weight excluding hydrogens is 328 g/mol. The average molecular weight is 352 g/mol. The molecule has 1 aromatic carbocycles. The van der Waals surface area contributed by atoms with E-state index in [9.17, 15) is 19.7 Å². The number of rotatable bonds is 10. The summed E-state index contributed by atoms with van der Waals surface area (Å²) in [5.41, 5.74) is -0.359. The van der Waals surface area contributed by atoms with Crippen LogP contribution in [0.3, 0.4) is 0 Å². The van der Waals surface area contributed by atoms with Crippen molar-refractivity contribution in [2.45, 2.75) is 45.6 Å². The van der Waals surface area contributed by atoms with Gasteiger partial charge < -0.3 is 14.8 Å². The van der Waals surface area contributed by atoms with Gasteiger partial charge in [-0.05, 0) is 25.5 Å². The number of methoxy groups -OCH3 is 1. The molecule has 0 aliphatic heterocycles. The maximum absolute atomic E-state index is 11.9. The van der Waals surface area contributed by atoms with Gasteiger partial charge in [-0.15, -0.1) is 0 Å². The predicted octanol–water partition coefficient (Wildman–Crippen LogP) is 2.85. The van der Waals surface area contributed by atoms with E-state index in [1.165, 1.54) is 19.2 Å². The van der Waals surface area contributed by atoms with Crippen LogP contribution in [-0.2, 0) is 9.53 Å². The van der Waals surface area contributed by atoms with Crippen LogP contribution in [0.1, 0.15) is 49.9 Å². The maximum atomic E-state index is 11.9. The molecule has 0 fully saturated rings. The lowest BCUT2D eigenvalue weighted by molar-refractivity contribution is -0.385. The van der Waals surface area contributed by atoms with Crippen molar-refractivity contribution in [2.24, 2.45) is 0 Å². The zero-order chi connectivity index (χ0) is 18.8. The molecular formula is C17H24N2O6. The first-order chi connectivity index (χ1) is 11.9. The van der Waals surface area contributed by atoms with Gasteiger partial charge in [0.2, 0.25) is 0 Å². The van der Waals surface area contributed by atoms with Crippen LogP contribution < -0.4 is 10.1 Å². The summed E-state index contributed by atoms with van der Waals surface area (Å²) < 4.78 is 9.78. The summed E-state index contributed by atoms with van der Waals surface area (Å²) in [7, 11) is 1.19. The first-order valence-corrected chi connectivity index (χ1v) is 8.18. The zero-order valence-corrected chi connectivity index (χ0v) is 14.7. The summed E-state index contributed by atoms with van der Waals surface area (Å²) >= 11 is 0. The molecule has 1 atom stereocenters. The second kappa shape index (κ2) is 10.3. The molecule has 0 aliphatic rings. The summed E-state index contributed by atoms with van der Waals surface area (Å²) in [6.07, 6.45) is 4.11. The summed E-state index contributed by atoms with van der Waals surface area (Å²) in [6.45, 7) is 3.67. The number of hydrogen-bond donors (Lipinski definition) is 1. The Morgan fingerprint density at radius 3 is 2.64 bits per heavy atom. The molecule has 138 valence electrons. The van der Waals surface area contributed by atoms with Crippen molar-refractivity contribution in [1.29, 1.82) is 0 Å². The number of hydrogen-bond acceptors (Lipinski definition) is 6. The lowest BCUT2D eigenvalue weighted by Gasteiger charge is -2.14. The molecule has 0 spiro atoms. The van der Waals surface area contributed by atoms with Crippen molar-refractivity contribution in [2.75, 3.05) is 13.7 Å². The van der Waals surface area contributed by atoms with Crippen LogP contribution in [0.4, 0.5) is 5.69 Å². The van der Waals surface area contributed by atoms with E-state index in [-0.39, 0.29) is 29.9 Å². The van der Waals surface area contributed by atoms with Gasteiger partial charge in [-0.3, -0.25) is 14.9 Å². The van der Waals surface area contributed by atoms with Crippen LogP contribution in [0.5, 0.6) is 5.75 Å². The van der Waals surface area contributed by atoms with Crippen LogP contribution in [0, 0.1) is 10.1 Å². The Morgan fingerprint density at radius 1 is 1.32 bits per heavy atom. The summed E-state index contributed by atoms with van der Waals surface area (Å²) in [5, 5.41) is 13.9. The fourth-order valence-electron chi connectivity index (χ4n) is 2.26. The predicted molar refractivity (Wildman–Crippen MR) is 91.7 cm³/mol. The molecule has 0 aliphatic carbocycles. The number of nitrogens with zero attached hydrogens (tertiary/aromatic N) is 1. The molecule has 1 N–H and O–H groups in total. The van der Waals surface area contributed by atoms with Crippen molar-refractivity contribution in [3.05, 3.63) is 33.9 Å². The van der Waals surface area contributed by atoms with Crippen LogP contribution in [0.2, 0.25) is 0 Å². The van der Waals surface area contributed by atoms with Crippen molar-refractivity contribution in [1.82, 2.24) is 5.32 Å². The van der Waals surface area contributed by atoms with E-state index < -0.39 is 16.6 Å². The molecule has 0 bridgehead atoms. The molecule has 1 aromatic rings. The summed E-state index contributed by atoms with van der Waals surface area (Å²) in [4.78, 5) is 33.8. The minimum atomic E-state index is -0.687. The molecule has 0 saturated carbocycles. The van der Waals surface area contributed by atoms with Gasteiger partial charge in [0.1, 0.15) is 0 Å². The Labute approximate surface area is 146 Å². The summed E-state index contributed by atoms with van der Waals surface area (Å²) in [5.74, 6) is -1.12.